The van der Waals surface area contributed by atoms with Crippen LogP contribution in [0.5, 0.6) is 11.5 Å². The van der Waals surface area contributed by atoms with Crippen LogP contribution >= 0.6 is 12.2 Å². The molecule has 0 radical (unpaired) electrons. The maximum absolute atomic E-state index is 6.10. The maximum Gasteiger partial charge on any atom is 0.184 e. The van der Waals surface area contributed by atoms with Crippen molar-refractivity contribution in [1.82, 2.24) is 5.43 Å². The van der Waals surface area contributed by atoms with Crippen molar-refractivity contribution in [3.05, 3.63) is 40.7 Å². The lowest BCUT2D eigenvalue weighted by Gasteiger charge is -2.26. The second-order valence-corrected chi connectivity index (χ2v) is 5.56. The fourth-order valence-electron chi connectivity index (χ4n) is 2.62. The van der Waals surface area contributed by atoms with Crippen LogP contribution in [0, 0.1) is 0 Å². The third kappa shape index (κ3) is 2.96. The first-order valence-electron chi connectivity index (χ1n) is 7.06. The Labute approximate surface area is 134 Å². The lowest BCUT2D eigenvalue weighted by atomic mass is 9.90. The Morgan fingerprint density at radius 2 is 2.32 bits per heavy atom. The van der Waals surface area contributed by atoms with Crippen LogP contribution in [0.4, 0.5) is 0 Å². The highest BCUT2D eigenvalue weighted by molar-refractivity contribution is 7.80. The molecule has 114 valence electrons. The lowest BCUT2D eigenvalue weighted by molar-refractivity contribution is 0.393. The summed E-state index contributed by atoms with van der Waals surface area (Å²) in [6.07, 6.45) is 6.88. The van der Waals surface area contributed by atoms with Crippen LogP contribution in [0.2, 0.25) is 0 Å². The number of nitrogens with zero attached hydrogens (tertiary/aromatic N) is 1. The van der Waals surface area contributed by atoms with Crippen molar-refractivity contribution in [2.24, 2.45) is 10.8 Å². The van der Waals surface area contributed by atoms with Gasteiger partial charge < -0.3 is 15.2 Å². The molecule has 5 nitrogen and oxygen atoms in total. The number of rotatable bonds is 3. The van der Waals surface area contributed by atoms with E-state index >= 15 is 0 Å². The van der Waals surface area contributed by atoms with Crippen LogP contribution in [0.3, 0.4) is 0 Å². The van der Waals surface area contributed by atoms with Gasteiger partial charge in [-0.1, -0.05) is 0 Å². The van der Waals surface area contributed by atoms with Crippen molar-refractivity contribution >= 4 is 29.6 Å². The van der Waals surface area contributed by atoms with Crippen LogP contribution in [0.1, 0.15) is 24.8 Å². The minimum Gasteiger partial charge on any atom is -0.497 e. The Morgan fingerprint density at radius 3 is 3.09 bits per heavy atom. The summed E-state index contributed by atoms with van der Waals surface area (Å²) in [4.78, 5) is 0. The van der Waals surface area contributed by atoms with E-state index in [1.54, 1.807) is 13.3 Å². The van der Waals surface area contributed by atoms with Crippen molar-refractivity contribution in [2.75, 3.05) is 7.11 Å². The SMILES string of the molecule is COc1ccc2c(c1)OC1=C(/C=N\NC(N)=S)CCCC1=C2. The molecule has 0 saturated heterocycles. The molecule has 0 bridgehead atoms. The molecule has 1 aromatic rings. The Kier molecular flexibility index (Phi) is 4.11. The fraction of sp³-hybridized carbons (Fsp3) is 0.250. The van der Waals surface area contributed by atoms with Crippen molar-refractivity contribution < 1.29 is 9.47 Å². The lowest BCUT2D eigenvalue weighted by Crippen LogP contribution is -2.24. The number of nitrogens with one attached hydrogen (secondary N) is 1. The van der Waals surface area contributed by atoms with Gasteiger partial charge in [0.05, 0.1) is 13.3 Å². The van der Waals surface area contributed by atoms with Gasteiger partial charge in [0, 0.05) is 17.2 Å². The van der Waals surface area contributed by atoms with Gasteiger partial charge in [-0.2, -0.15) is 5.10 Å². The molecule has 22 heavy (non-hydrogen) atoms. The first kappa shape index (κ1) is 14.6. The third-order valence-corrected chi connectivity index (χ3v) is 3.72. The number of fused-ring (bicyclic) bond motifs is 2. The molecule has 1 aromatic carbocycles. The zero-order chi connectivity index (χ0) is 15.5. The summed E-state index contributed by atoms with van der Waals surface area (Å²) in [6.45, 7) is 0. The highest BCUT2D eigenvalue weighted by atomic mass is 32.1. The maximum atomic E-state index is 6.10. The molecule has 6 heteroatoms. The zero-order valence-electron chi connectivity index (χ0n) is 12.3. The van der Waals surface area contributed by atoms with E-state index in [9.17, 15) is 0 Å². The molecule has 0 atom stereocenters. The molecule has 1 aliphatic heterocycles. The number of methoxy groups -OCH3 is 1. The second-order valence-electron chi connectivity index (χ2n) is 5.12. The largest absolute Gasteiger partial charge is 0.497 e. The fourth-order valence-corrected chi connectivity index (χ4v) is 2.67. The van der Waals surface area contributed by atoms with Crippen molar-refractivity contribution in [2.45, 2.75) is 19.3 Å². The summed E-state index contributed by atoms with van der Waals surface area (Å²) in [5.74, 6) is 2.45. The number of allylic oxidation sites excluding steroid dienone is 2. The highest BCUT2D eigenvalue weighted by Crippen LogP contribution is 2.39. The summed E-state index contributed by atoms with van der Waals surface area (Å²) in [5.41, 5.74) is 11.2. The van der Waals surface area contributed by atoms with Crippen molar-refractivity contribution in [3.8, 4) is 11.5 Å². The molecule has 1 heterocycles. The summed E-state index contributed by atoms with van der Waals surface area (Å²) in [7, 11) is 1.64. The van der Waals surface area contributed by atoms with Gasteiger partial charge in [0.2, 0.25) is 0 Å². The quantitative estimate of drug-likeness (QED) is 0.510. The van der Waals surface area contributed by atoms with Crippen molar-refractivity contribution in [1.29, 1.82) is 0 Å². The van der Waals surface area contributed by atoms with Gasteiger partial charge in [-0.15, -0.1) is 0 Å². The van der Waals surface area contributed by atoms with Gasteiger partial charge in [0.1, 0.15) is 17.3 Å². The van der Waals surface area contributed by atoms with Gasteiger partial charge in [-0.25, -0.2) is 0 Å². The predicted octanol–water partition coefficient (Wildman–Crippen LogP) is 2.73. The number of hydrazone groups is 1. The summed E-state index contributed by atoms with van der Waals surface area (Å²) in [6, 6.07) is 5.84. The Morgan fingerprint density at radius 1 is 1.45 bits per heavy atom. The molecule has 3 rings (SSSR count). The summed E-state index contributed by atoms with van der Waals surface area (Å²) in [5, 5.41) is 4.19. The minimum atomic E-state index is 0.146. The third-order valence-electron chi connectivity index (χ3n) is 3.63. The number of ether oxygens (including phenoxy) is 2. The van der Waals surface area contributed by atoms with Gasteiger partial charge >= 0.3 is 0 Å². The van der Waals surface area contributed by atoms with Gasteiger partial charge in [0.25, 0.3) is 0 Å². The topological polar surface area (TPSA) is 68.9 Å². The molecular formula is C16H17N3O2S. The van der Waals surface area contributed by atoms with E-state index in [1.807, 2.05) is 18.2 Å². The van der Waals surface area contributed by atoms with E-state index in [-0.39, 0.29) is 5.11 Å². The van der Waals surface area contributed by atoms with Crippen LogP contribution in [-0.4, -0.2) is 18.4 Å². The molecule has 0 saturated carbocycles. The molecule has 3 N–H and O–H groups in total. The van der Waals surface area contributed by atoms with E-state index in [0.717, 1.165) is 47.7 Å². The van der Waals surface area contributed by atoms with E-state index in [4.69, 9.17) is 27.4 Å². The number of thiocarbonyl (C=S) groups is 1. The smallest absolute Gasteiger partial charge is 0.184 e. The van der Waals surface area contributed by atoms with Crippen LogP contribution < -0.4 is 20.6 Å². The summed E-state index contributed by atoms with van der Waals surface area (Å²) >= 11 is 4.74. The van der Waals surface area contributed by atoms with E-state index in [2.05, 4.69) is 16.6 Å². The van der Waals surface area contributed by atoms with Crippen LogP contribution in [0.15, 0.2) is 40.2 Å². The number of hydrogen-bond acceptors (Lipinski definition) is 4. The van der Waals surface area contributed by atoms with Crippen LogP contribution in [0.25, 0.3) is 6.08 Å². The highest BCUT2D eigenvalue weighted by Gasteiger charge is 2.23. The second kappa shape index (κ2) is 6.19. The molecule has 0 fully saturated rings. The normalized spacial score (nSPS) is 16.5. The standard InChI is InChI=1S/C16H17N3O2S/c1-20-13-6-5-10-7-11-3-2-4-12(9-18-19-16(17)22)15(11)21-14(10)8-13/h5-9H,2-4H2,1H3,(H3,17,19,22)/b18-9-. The predicted molar refractivity (Wildman–Crippen MR) is 90.9 cm³/mol. The Bertz CT molecular complexity index is 707. The first-order valence-corrected chi connectivity index (χ1v) is 7.46. The van der Waals surface area contributed by atoms with E-state index < -0.39 is 0 Å². The average Bonchev–Trinajstić information content (AvgIpc) is 2.52. The van der Waals surface area contributed by atoms with Crippen molar-refractivity contribution in [3.63, 3.8) is 0 Å². The molecule has 0 aromatic heterocycles. The Hall–Kier alpha value is -2.34. The first-order chi connectivity index (χ1) is 10.7. The van der Waals surface area contributed by atoms with E-state index in [1.165, 1.54) is 5.57 Å². The van der Waals surface area contributed by atoms with Gasteiger partial charge in [0.15, 0.2) is 5.11 Å². The molecule has 2 aliphatic rings. The molecule has 0 spiro atoms. The molecule has 0 amide bonds. The Balaban J connectivity index is 1.95. The van der Waals surface area contributed by atoms with Gasteiger partial charge in [-0.3, -0.25) is 5.43 Å². The van der Waals surface area contributed by atoms with Crippen LogP contribution in [-0.2, 0) is 0 Å². The minimum absolute atomic E-state index is 0.146. The zero-order valence-corrected chi connectivity index (χ0v) is 13.1. The van der Waals surface area contributed by atoms with E-state index in [0.29, 0.717) is 0 Å². The van der Waals surface area contributed by atoms with Gasteiger partial charge in [-0.05, 0) is 55.3 Å². The number of hydrogen-bond donors (Lipinski definition) is 2. The number of nitrogens with two attached hydrogens (primary N) is 1. The molecular weight excluding hydrogens is 298 g/mol. The monoisotopic (exact) mass is 315 g/mol. The average molecular weight is 315 g/mol. The molecule has 0 unspecified atom stereocenters. The summed E-state index contributed by atoms with van der Waals surface area (Å²) < 4.78 is 11.3. The molecule has 1 aliphatic carbocycles. The number of benzene rings is 1.